The highest BCUT2D eigenvalue weighted by Crippen LogP contribution is 2.31. The Hall–Kier alpha value is -2.24. The van der Waals surface area contributed by atoms with Crippen molar-refractivity contribution < 1.29 is 14.3 Å². The maximum absolute atomic E-state index is 13.4. The molecule has 0 fully saturated rings. The highest BCUT2D eigenvalue weighted by atomic mass is 35.5. The molecule has 2 aromatic rings. The molecule has 0 spiro atoms. The van der Waals surface area contributed by atoms with Gasteiger partial charge in [-0.2, -0.15) is 0 Å². The van der Waals surface area contributed by atoms with Gasteiger partial charge in [0, 0.05) is 13.1 Å². The van der Waals surface area contributed by atoms with Gasteiger partial charge in [-0.1, -0.05) is 82.1 Å². The fourth-order valence-corrected chi connectivity index (χ4v) is 3.88. The summed E-state index contributed by atoms with van der Waals surface area (Å²) >= 11 is 12.2. The number of nitrogens with zero attached hydrogens (tertiary/aromatic N) is 1. The van der Waals surface area contributed by atoms with E-state index in [-0.39, 0.29) is 30.4 Å². The Bertz CT molecular complexity index is 957. The molecule has 0 aliphatic rings. The van der Waals surface area contributed by atoms with Crippen LogP contribution in [0.15, 0.2) is 42.5 Å². The predicted octanol–water partition coefficient (Wildman–Crippen LogP) is 6.00. The fraction of sp³-hybridized carbons (Fsp3) is 0.462. The molecular formula is C26H34Cl2N2O3. The quantitative estimate of drug-likeness (QED) is 0.442. The fourth-order valence-electron chi connectivity index (χ4n) is 3.55. The minimum Gasteiger partial charge on any atom is -0.483 e. The topological polar surface area (TPSA) is 58.6 Å². The van der Waals surface area contributed by atoms with Gasteiger partial charge < -0.3 is 15.0 Å². The molecule has 0 heterocycles. The minimum absolute atomic E-state index is 0.134. The second-order valence-electron chi connectivity index (χ2n) is 9.02. The lowest BCUT2D eigenvalue weighted by Crippen LogP contribution is -2.50. The number of benzene rings is 2. The van der Waals surface area contributed by atoms with Crippen molar-refractivity contribution in [3.05, 3.63) is 63.6 Å². The standard InChI is InChI=1S/C26H34Cl2N2O3/c1-6-14-29-25(32)22(7-2)30(16-18-12-13-20(27)21(28)15-18)24(31)17-33-23-11-9-8-10-19(23)26(3,4)5/h8-13,15,22H,6-7,14,16-17H2,1-5H3,(H,29,32)/t22-/m0/s1. The zero-order valence-corrected chi connectivity index (χ0v) is 21.6. The van der Waals surface area contributed by atoms with Gasteiger partial charge in [-0.3, -0.25) is 9.59 Å². The van der Waals surface area contributed by atoms with E-state index in [1.807, 2.05) is 38.1 Å². The second-order valence-corrected chi connectivity index (χ2v) is 9.83. The molecule has 1 atom stereocenters. The summed E-state index contributed by atoms with van der Waals surface area (Å²) in [7, 11) is 0. The van der Waals surface area contributed by atoms with Crippen LogP contribution in [0, 0.1) is 0 Å². The highest BCUT2D eigenvalue weighted by Gasteiger charge is 2.29. The van der Waals surface area contributed by atoms with Crippen molar-refractivity contribution in [1.82, 2.24) is 10.2 Å². The Morgan fingerprint density at radius 2 is 1.76 bits per heavy atom. The second kappa shape index (κ2) is 12.3. The lowest BCUT2D eigenvalue weighted by atomic mass is 9.86. The SMILES string of the molecule is CCCNC(=O)[C@H](CC)N(Cc1ccc(Cl)c(Cl)c1)C(=O)COc1ccccc1C(C)(C)C. The zero-order chi connectivity index (χ0) is 24.6. The highest BCUT2D eigenvalue weighted by molar-refractivity contribution is 6.42. The van der Waals surface area contributed by atoms with Crippen LogP contribution in [0.5, 0.6) is 5.75 Å². The van der Waals surface area contributed by atoms with Crippen molar-refractivity contribution in [2.75, 3.05) is 13.2 Å². The van der Waals surface area contributed by atoms with Gasteiger partial charge in [0.1, 0.15) is 11.8 Å². The average Bonchev–Trinajstić information content (AvgIpc) is 2.77. The molecule has 1 N–H and O–H groups in total. The van der Waals surface area contributed by atoms with Crippen LogP contribution in [-0.4, -0.2) is 35.9 Å². The summed E-state index contributed by atoms with van der Waals surface area (Å²) in [6.45, 7) is 10.8. The molecule has 0 unspecified atom stereocenters. The van der Waals surface area contributed by atoms with E-state index in [0.29, 0.717) is 28.8 Å². The molecule has 0 saturated carbocycles. The molecule has 33 heavy (non-hydrogen) atoms. The summed E-state index contributed by atoms with van der Waals surface area (Å²) in [5.41, 5.74) is 1.67. The zero-order valence-electron chi connectivity index (χ0n) is 20.1. The number of para-hydroxylation sites is 1. The van der Waals surface area contributed by atoms with Crippen molar-refractivity contribution >= 4 is 35.0 Å². The molecule has 2 amide bonds. The van der Waals surface area contributed by atoms with Gasteiger partial charge in [0.05, 0.1) is 10.0 Å². The lowest BCUT2D eigenvalue weighted by molar-refractivity contribution is -0.143. The Morgan fingerprint density at radius 1 is 1.06 bits per heavy atom. The summed E-state index contributed by atoms with van der Waals surface area (Å²) < 4.78 is 5.97. The van der Waals surface area contributed by atoms with Gasteiger partial charge in [0.2, 0.25) is 5.91 Å². The first-order valence-electron chi connectivity index (χ1n) is 11.3. The van der Waals surface area contributed by atoms with Crippen molar-refractivity contribution in [2.24, 2.45) is 0 Å². The molecule has 0 aromatic heterocycles. The van der Waals surface area contributed by atoms with Crippen LogP contribution >= 0.6 is 23.2 Å². The number of amides is 2. The van der Waals surface area contributed by atoms with Gasteiger partial charge in [-0.25, -0.2) is 0 Å². The van der Waals surface area contributed by atoms with E-state index in [2.05, 4.69) is 26.1 Å². The van der Waals surface area contributed by atoms with E-state index >= 15 is 0 Å². The Morgan fingerprint density at radius 3 is 2.36 bits per heavy atom. The number of rotatable bonds is 10. The number of ether oxygens (including phenoxy) is 1. The third-order valence-electron chi connectivity index (χ3n) is 5.32. The van der Waals surface area contributed by atoms with Gasteiger partial charge in [-0.15, -0.1) is 0 Å². The third-order valence-corrected chi connectivity index (χ3v) is 6.06. The third kappa shape index (κ3) is 7.65. The minimum atomic E-state index is -0.625. The van der Waals surface area contributed by atoms with Crippen LogP contribution < -0.4 is 10.1 Å². The smallest absolute Gasteiger partial charge is 0.261 e. The maximum atomic E-state index is 13.4. The summed E-state index contributed by atoms with van der Waals surface area (Å²) in [5, 5.41) is 3.75. The van der Waals surface area contributed by atoms with E-state index in [4.69, 9.17) is 27.9 Å². The molecule has 0 radical (unpaired) electrons. The van der Waals surface area contributed by atoms with Crippen LogP contribution in [0.3, 0.4) is 0 Å². The van der Waals surface area contributed by atoms with E-state index in [9.17, 15) is 9.59 Å². The van der Waals surface area contributed by atoms with E-state index in [0.717, 1.165) is 17.5 Å². The number of nitrogens with one attached hydrogen (secondary N) is 1. The van der Waals surface area contributed by atoms with Gasteiger partial charge in [-0.05, 0) is 47.6 Å². The van der Waals surface area contributed by atoms with Gasteiger partial charge in [0.25, 0.3) is 5.91 Å². The molecule has 2 rings (SSSR count). The first-order chi connectivity index (χ1) is 15.6. The van der Waals surface area contributed by atoms with E-state index < -0.39 is 6.04 Å². The molecule has 7 heteroatoms. The molecule has 0 bridgehead atoms. The summed E-state index contributed by atoms with van der Waals surface area (Å²) in [5.74, 6) is 0.211. The molecule has 180 valence electrons. The van der Waals surface area contributed by atoms with E-state index in [1.165, 1.54) is 0 Å². The van der Waals surface area contributed by atoms with Crippen LogP contribution in [0.1, 0.15) is 58.6 Å². The molecule has 0 saturated heterocycles. The average molecular weight is 493 g/mol. The number of halogens is 2. The number of hydrogen-bond donors (Lipinski definition) is 1. The van der Waals surface area contributed by atoms with Crippen molar-refractivity contribution in [1.29, 1.82) is 0 Å². The van der Waals surface area contributed by atoms with Crippen molar-refractivity contribution in [3.63, 3.8) is 0 Å². The monoisotopic (exact) mass is 492 g/mol. The first-order valence-corrected chi connectivity index (χ1v) is 12.1. The van der Waals surface area contributed by atoms with Crippen LogP contribution in [0.25, 0.3) is 0 Å². The number of carbonyl (C=O) groups is 2. The normalized spacial score (nSPS) is 12.2. The largest absolute Gasteiger partial charge is 0.483 e. The molecule has 2 aromatic carbocycles. The van der Waals surface area contributed by atoms with Crippen LogP contribution in [0.4, 0.5) is 0 Å². The Kier molecular flexibility index (Phi) is 10.1. The summed E-state index contributed by atoms with van der Waals surface area (Å²) in [6.07, 6.45) is 1.29. The van der Waals surface area contributed by atoms with Crippen molar-refractivity contribution in [3.8, 4) is 5.75 Å². The van der Waals surface area contributed by atoms with Crippen LogP contribution in [0.2, 0.25) is 10.0 Å². The number of hydrogen-bond acceptors (Lipinski definition) is 3. The molecular weight excluding hydrogens is 459 g/mol. The Labute approximate surface area is 207 Å². The Balaban J connectivity index is 2.29. The maximum Gasteiger partial charge on any atom is 0.261 e. The first kappa shape index (κ1) is 27.0. The predicted molar refractivity (Wildman–Crippen MR) is 135 cm³/mol. The molecule has 0 aliphatic carbocycles. The van der Waals surface area contributed by atoms with Crippen molar-refractivity contribution in [2.45, 2.75) is 65.5 Å². The summed E-state index contributed by atoms with van der Waals surface area (Å²) in [4.78, 5) is 27.8. The lowest BCUT2D eigenvalue weighted by Gasteiger charge is -2.31. The molecule has 0 aliphatic heterocycles. The van der Waals surface area contributed by atoms with Gasteiger partial charge >= 0.3 is 0 Å². The van der Waals surface area contributed by atoms with E-state index in [1.54, 1.807) is 23.1 Å². The van der Waals surface area contributed by atoms with Gasteiger partial charge in [0.15, 0.2) is 6.61 Å². The van der Waals surface area contributed by atoms with Crippen LogP contribution in [-0.2, 0) is 21.5 Å². The molecule has 5 nitrogen and oxygen atoms in total. The summed E-state index contributed by atoms with van der Waals surface area (Å²) in [6, 6.07) is 12.3. The number of carbonyl (C=O) groups excluding carboxylic acids is 2.